The molecule has 16 heteroatoms. The van der Waals surface area contributed by atoms with Gasteiger partial charge in [0.2, 0.25) is 0 Å². The van der Waals surface area contributed by atoms with Crippen LogP contribution in [0, 0.1) is 34.6 Å². The number of amides is 1. The molecule has 1 fully saturated rings. The van der Waals surface area contributed by atoms with Crippen LogP contribution in [0.15, 0.2) is 36.5 Å². The van der Waals surface area contributed by atoms with Crippen molar-refractivity contribution in [1.29, 1.82) is 5.26 Å². The molecule has 3 aromatic rings. The van der Waals surface area contributed by atoms with E-state index < -0.39 is 74.3 Å². The molecule has 1 saturated heterocycles. The predicted octanol–water partition coefficient (Wildman–Crippen LogP) is 5.71. The minimum absolute atomic E-state index is 0.132. The van der Waals surface area contributed by atoms with Crippen molar-refractivity contribution in [2.24, 2.45) is 0 Å². The van der Waals surface area contributed by atoms with E-state index in [9.17, 15) is 31.5 Å². The Kier molecular flexibility index (Phi) is 8.93. The summed E-state index contributed by atoms with van der Waals surface area (Å²) in [5, 5.41) is 8.51. The zero-order valence-electron chi connectivity index (χ0n) is 22.6. The number of benzene rings is 2. The minimum Gasteiger partial charge on any atom is -0.485 e. The van der Waals surface area contributed by atoms with E-state index in [4.69, 9.17) is 27.0 Å². The minimum atomic E-state index is -5.28. The number of carbonyl (C=O) groups excluding carboxylic acids is 2. The summed E-state index contributed by atoms with van der Waals surface area (Å²) in [4.78, 5) is 29.0. The molecule has 8 nitrogen and oxygen atoms in total. The van der Waals surface area contributed by atoms with Crippen LogP contribution in [-0.2, 0) is 20.5 Å². The lowest BCUT2D eigenvalue weighted by atomic mass is 10.0. The van der Waals surface area contributed by atoms with Crippen LogP contribution in [0.2, 0.25) is 0 Å². The highest BCUT2D eigenvalue weighted by Crippen LogP contribution is 2.42. The molecule has 1 amide bonds. The fraction of sp³-hybridized carbons (Fsp3) is 0.250. The number of thiocarbonyl (C=S) groups is 1. The van der Waals surface area contributed by atoms with E-state index in [1.807, 2.05) is 0 Å². The lowest BCUT2D eigenvalue weighted by molar-refractivity contribution is -0.140. The topological polar surface area (TPSA) is 95.8 Å². The summed E-state index contributed by atoms with van der Waals surface area (Å²) in [6.45, 7) is 1.95. The first-order valence-corrected chi connectivity index (χ1v) is 12.8. The molecule has 4 rings (SSSR count). The molecule has 1 aliphatic heterocycles. The summed E-state index contributed by atoms with van der Waals surface area (Å²) < 4.78 is 110. The highest BCUT2D eigenvalue weighted by Gasteiger charge is 2.52. The third-order valence-electron chi connectivity index (χ3n) is 6.45. The van der Waals surface area contributed by atoms with Gasteiger partial charge in [0.1, 0.15) is 36.3 Å². The molecule has 0 radical (unpaired) electrons. The maximum atomic E-state index is 15.3. The number of ether oxygens (including phenoxy) is 2. The first-order chi connectivity index (χ1) is 20.6. The van der Waals surface area contributed by atoms with Crippen LogP contribution in [0.5, 0.6) is 5.75 Å². The van der Waals surface area contributed by atoms with E-state index in [1.165, 1.54) is 19.9 Å². The standard InChI is InChI=1S/C28H19F7N4O4S/c1-27(2)25(41)38(20-4-3-14(12-36)21(22(20)32)28(33,34)35)26(44)39(27)16-11-17(29)23(37-13-16)15-9-18(30)24(19(31)10-15)43-8-7-42-6-5-40/h3-5,9-11,13H,6-8H2,1-2H3. The summed E-state index contributed by atoms with van der Waals surface area (Å²) in [6.07, 6.45) is -3.79. The average Bonchev–Trinajstić information content (AvgIpc) is 3.11. The number of rotatable bonds is 9. The maximum absolute atomic E-state index is 15.3. The molecular formula is C28H19F7N4O4S. The van der Waals surface area contributed by atoms with Gasteiger partial charge in [0, 0.05) is 11.6 Å². The Labute approximate surface area is 250 Å². The number of nitriles is 1. The van der Waals surface area contributed by atoms with Gasteiger partial charge in [-0.3, -0.25) is 14.7 Å². The first kappa shape index (κ1) is 32.3. The van der Waals surface area contributed by atoms with E-state index in [1.54, 1.807) is 0 Å². The Morgan fingerprint density at radius 3 is 2.30 bits per heavy atom. The Bertz CT molecular complexity index is 1690. The Hall–Kier alpha value is -4.62. The van der Waals surface area contributed by atoms with E-state index in [-0.39, 0.29) is 31.1 Å². The fourth-order valence-corrected chi connectivity index (χ4v) is 4.99. The zero-order chi connectivity index (χ0) is 32.6. The van der Waals surface area contributed by atoms with Gasteiger partial charge in [-0.1, -0.05) is 0 Å². The second-order valence-corrected chi connectivity index (χ2v) is 10.00. The van der Waals surface area contributed by atoms with Gasteiger partial charge < -0.3 is 19.2 Å². The number of alkyl halides is 3. The number of nitrogens with zero attached hydrogens (tertiary/aromatic N) is 4. The number of aldehydes is 1. The second-order valence-electron chi connectivity index (χ2n) is 9.63. The first-order valence-electron chi connectivity index (χ1n) is 12.4. The van der Waals surface area contributed by atoms with Crippen molar-refractivity contribution < 1.29 is 49.8 Å². The van der Waals surface area contributed by atoms with Crippen LogP contribution in [0.3, 0.4) is 0 Å². The van der Waals surface area contributed by atoms with Gasteiger partial charge >= 0.3 is 6.18 Å². The van der Waals surface area contributed by atoms with Crippen molar-refractivity contribution >= 4 is 40.9 Å². The number of aromatic nitrogens is 1. The number of carbonyl (C=O) groups is 2. The highest BCUT2D eigenvalue weighted by atomic mass is 32.1. The molecule has 0 bridgehead atoms. The van der Waals surface area contributed by atoms with Crippen molar-refractivity contribution in [3.05, 3.63) is 70.9 Å². The lowest BCUT2D eigenvalue weighted by Gasteiger charge is -2.29. The summed E-state index contributed by atoms with van der Waals surface area (Å²) >= 11 is 5.31. The average molecular weight is 641 g/mol. The van der Waals surface area contributed by atoms with Gasteiger partial charge in [-0.25, -0.2) is 17.6 Å². The smallest absolute Gasteiger partial charge is 0.420 e. The van der Waals surface area contributed by atoms with Crippen LogP contribution in [0.1, 0.15) is 25.0 Å². The molecule has 2 heterocycles. The number of halogens is 7. The van der Waals surface area contributed by atoms with Crippen molar-refractivity contribution in [2.75, 3.05) is 29.6 Å². The number of anilines is 2. The normalized spacial score (nSPS) is 14.6. The van der Waals surface area contributed by atoms with Crippen LogP contribution in [-0.4, -0.2) is 47.6 Å². The van der Waals surface area contributed by atoms with Gasteiger partial charge in [-0.15, -0.1) is 0 Å². The van der Waals surface area contributed by atoms with Crippen molar-refractivity contribution in [1.82, 2.24) is 4.98 Å². The molecule has 1 aliphatic rings. The molecule has 0 N–H and O–H groups in total. The molecule has 44 heavy (non-hydrogen) atoms. The molecule has 1 aromatic heterocycles. The molecule has 0 spiro atoms. The fourth-order valence-electron chi connectivity index (χ4n) is 4.48. The number of hydrogen-bond acceptors (Lipinski definition) is 7. The molecular weight excluding hydrogens is 621 g/mol. The summed E-state index contributed by atoms with van der Waals surface area (Å²) in [5.41, 5.74) is -6.49. The summed E-state index contributed by atoms with van der Waals surface area (Å²) in [7, 11) is 0. The maximum Gasteiger partial charge on any atom is 0.420 e. The van der Waals surface area contributed by atoms with Crippen LogP contribution in [0.4, 0.5) is 42.1 Å². The SMILES string of the molecule is CC1(C)C(=O)N(c2ccc(C#N)c(C(F)(F)F)c2F)C(=S)N1c1cnc(-c2cc(F)c(OCCOCC=O)c(F)c2)c(F)c1. The third-order valence-corrected chi connectivity index (χ3v) is 6.82. The molecule has 0 unspecified atom stereocenters. The van der Waals surface area contributed by atoms with Crippen molar-refractivity contribution in [3.63, 3.8) is 0 Å². The third kappa shape index (κ3) is 5.80. The van der Waals surface area contributed by atoms with Crippen LogP contribution in [0.25, 0.3) is 11.3 Å². The predicted molar refractivity (Wildman–Crippen MR) is 145 cm³/mol. The Morgan fingerprint density at radius 1 is 1.07 bits per heavy atom. The number of pyridine rings is 1. The van der Waals surface area contributed by atoms with E-state index in [2.05, 4.69) is 4.98 Å². The van der Waals surface area contributed by atoms with Crippen LogP contribution >= 0.6 is 12.2 Å². The van der Waals surface area contributed by atoms with Crippen molar-refractivity contribution in [2.45, 2.75) is 25.6 Å². The molecule has 0 atom stereocenters. The van der Waals surface area contributed by atoms with E-state index in [0.29, 0.717) is 17.3 Å². The van der Waals surface area contributed by atoms with Gasteiger partial charge in [-0.2, -0.15) is 18.4 Å². The largest absolute Gasteiger partial charge is 0.485 e. The quantitative estimate of drug-likeness (QED) is 0.127. The van der Waals surface area contributed by atoms with Gasteiger partial charge in [0.15, 0.2) is 34.1 Å². The Balaban J connectivity index is 1.67. The zero-order valence-corrected chi connectivity index (χ0v) is 23.5. The van der Waals surface area contributed by atoms with Gasteiger partial charge in [0.25, 0.3) is 5.91 Å². The Morgan fingerprint density at radius 2 is 1.73 bits per heavy atom. The molecule has 230 valence electrons. The molecule has 2 aromatic carbocycles. The van der Waals surface area contributed by atoms with Crippen molar-refractivity contribution in [3.8, 4) is 23.1 Å². The van der Waals surface area contributed by atoms with Crippen LogP contribution < -0.4 is 14.5 Å². The summed E-state index contributed by atoms with van der Waals surface area (Å²) in [5.74, 6) is -7.15. The van der Waals surface area contributed by atoms with E-state index >= 15 is 8.78 Å². The van der Waals surface area contributed by atoms with Gasteiger partial charge in [-0.05, 0) is 50.3 Å². The number of hydrogen-bond donors (Lipinski definition) is 0. The second kappa shape index (κ2) is 12.2. The molecule has 0 saturated carbocycles. The summed E-state index contributed by atoms with van der Waals surface area (Å²) in [6, 6.07) is 5.10. The molecule has 0 aliphatic carbocycles. The monoisotopic (exact) mass is 640 g/mol. The lowest BCUT2D eigenvalue weighted by Crippen LogP contribution is -2.44. The van der Waals surface area contributed by atoms with E-state index in [0.717, 1.165) is 35.4 Å². The van der Waals surface area contributed by atoms with Gasteiger partial charge in [0.05, 0.1) is 35.8 Å². The highest BCUT2D eigenvalue weighted by molar-refractivity contribution is 7.81.